The first-order chi connectivity index (χ1) is 21.7. The molecule has 0 N–H and O–H groups in total. The van der Waals surface area contributed by atoms with Crippen molar-refractivity contribution in [2.45, 2.75) is 13.5 Å². The van der Waals surface area contributed by atoms with Crippen LogP contribution in [-0.2, 0) is 6.54 Å². The van der Waals surface area contributed by atoms with Gasteiger partial charge in [-0.15, -0.1) is 0 Å². The van der Waals surface area contributed by atoms with E-state index in [1.807, 2.05) is 36.4 Å². The molecule has 0 saturated carbocycles. The summed E-state index contributed by atoms with van der Waals surface area (Å²) in [7, 11) is 0. The predicted molar refractivity (Wildman–Crippen MR) is 187 cm³/mol. The van der Waals surface area contributed by atoms with Gasteiger partial charge < -0.3 is 0 Å². The van der Waals surface area contributed by atoms with E-state index in [1.54, 1.807) is 0 Å². The van der Waals surface area contributed by atoms with Gasteiger partial charge in [0.15, 0.2) is 11.7 Å². The van der Waals surface area contributed by atoms with Crippen LogP contribution in [0, 0.1) is 6.92 Å². The van der Waals surface area contributed by atoms with Gasteiger partial charge in [0.05, 0.1) is 6.54 Å². The van der Waals surface area contributed by atoms with Crippen molar-refractivity contribution in [3.63, 3.8) is 0 Å². The molecule has 0 saturated heterocycles. The van der Waals surface area contributed by atoms with Crippen molar-refractivity contribution in [2.24, 2.45) is 15.0 Å². The van der Waals surface area contributed by atoms with E-state index < -0.39 is 0 Å². The molecule has 3 heteroatoms. The highest BCUT2D eigenvalue weighted by molar-refractivity contribution is 6.13. The first-order valence-corrected chi connectivity index (χ1v) is 14.7. The van der Waals surface area contributed by atoms with Gasteiger partial charge in [-0.1, -0.05) is 151 Å². The van der Waals surface area contributed by atoms with Gasteiger partial charge >= 0.3 is 0 Å². The summed E-state index contributed by atoms with van der Waals surface area (Å²) in [5.74, 6) is 1.14. The molecule has 0 fully saturated rings. The fraction of sp³-hybridized carbons (Fsp3) is 0.0488. The molecule has 0 spiro atoms. The minimum absolute atomic E-state index is 0.510. The molecule has 0 bridgehead atoms. The Kier molecular flexibility index (Phi) is 8.75. The second-order valence-electron chi connectivity index (χ2n) is 10.7. The predicted octanol–water partition coefficient (Wildman–Crippen LogP) is 10.1. The molecule has 0 aliphatic rings. The lowest BCUT2D eigenvalue weighted by Gasteiger charge is -2.10. The fourth-order valence-electron chi connectivity index (χ4n) is 5.22. The first-order valence-electron chi connectivity index (χ1n) is 14.7. The second-order valence-corrected chi connectivity index (χ2v) is 10.7. The topological polar surface area (TPSA) is 37.1 Å². The van der Waals surface area contributed by atoms with Gasteiger partial charge in [-0.05, 0) is 64.7 Å². The minimum atomic E-state index is 0.510. The molecule has 0 amide bonds. The molecule has 0 atom stereocenters. The Morgan fingerprint density at radius 2 is 1.02 bits per heavy atom. The molecule has 6 aromatic rings. The van der Waals surface area contributed by atoms with E-state index in [-0.39, 0.29) is 0 Å². The number of aryl methyl sites for hydroxylation is 1. The quantitative estimate of drug-likeness (QED) is 0.136. The van der Waals surface area contributed by atoms with Gasteiger partial charge in [-0.2, -0.15) is 0 Å². The summed E-state index contributed by atoms with van der Waals surface area (Å²) >= 11 is 0. The normalized spacial score (nSPS) is 11.8. The number of hydrogen-bond donors (Lipinski definition) is 0. The van der Waals surface area contributed by atoms with Crippen LogP contribution in [-0.4, -0.2) is 18.4 Å². The van der Waals surface area contributed by atoms with E-state index in [0.717, 1.165) is 33.4 Å². The molecule has 212 valence electrons. The highest BCUT2D eigenvalue weighted by Crippen LogP contribution is 2.28. The van der Waals surface area contributed by atoms with E-state index >= 15 is 0 Å². The van der Waals surface area contributed by atoms with Crippen molar-refractivity contribution in [2.75, 3.05) is 0 Å². The first kappa shape index (κ1) is 28.4. The number of nitrogens with zero attached hydrogens (tertiary/aromatic N) is 3. The number of aliphatic imine (C=N–C) groups is 3. The average Bonchev–Trinajstić information content (AvgIpc) is 3.09. The van der Waals surface area contributed by atoms with E-state index in [2.05, 4.69) is 140 Å². The Labute approximate surface area is 259 Å². The monoisotopic (exact) mass is 567 g/mol. The Hall–Kier alpha value is -5.67. The van der Waals surface area contributed by atoms with Gasteiger partial charge in [-0.3, -0.25) is 4.99 Å². The van der Waals surface area contributed by atoms with E-state index in [4.69, 9.17) is 9.98 Å². The smallest absolute Gasteiger partial charge is 0.161 e. The molecule has 44 heavy (non-hydrogen) atoms. The van der Waals surface area contributed by atoms with Crippen LogP contribution >= 0.6 is 0 Å². The molecule has 0 radical (unpaired) electrons. The van der Waals surface area contributed by atoms with Crippen molar-refractivity contribution >= 4 is 18.4 Å². The minimum Gasteiger partial charge on any atom is -0.261 e. The van der Waals surface area contributed by atoms with Crippen LogP contribution in [0.4, 0.5) is 0 Å². The van der Waals surface area contributed by atoms with Crippen molar-refractivity contribution in [3.05, 3.63) is 180 Å². The van der Waals surface area contributed by atoms with Crippen LogP contribution in [0.25, 0.3) is 33.4 Å². The van der Waals surface area contributed by atoms with Crippen molar-refractivity contribution < 1.29 is 0 Å². The van der Waals surface area contributed by atoms with Crippen molar-refractivity contribution in [1.82, 2.24) is 0 Å². The molecule has 0 aromatic heterocycles. The number of amidine groups is 2. The lowest BCUT2D eigenvalue weighted by molar-refractivity contribution is 1.06. The molecular formula is C41H33N3. The lowest BCUT2D eigenvalue weighted by atomic mass is 9.97. The van der Waals surface area contributed by atoms with Crippen LogP contribution < -0.4 is 0 Å². The summed E-state index contributed by atoms with van der Waals surface area (Å²) in [6.07, 6.45) is 0. The second kappa shape index (κ2) is 13.5. The van der Waals surface area contributed by atoms with Gasteiger partial charge in [0.1, 0.15) is 0 Å². The summed E-state index contributed by atoms with van der Waals surface area (Å²) < 4.78 is 0. The summed E-state index contributed by atoms with van der Waals surface area (Å²) in [4.78, 5) is 14.3. The molecule has 0 aliphatic heterocycles. The third kappa shape index (κ3) is 6.86. The van der Waals surface area contributed by atoms with Gasteiger partial charge in [0, 0.05) is 11.1 Å². The van der Waals surface area contributed by atoms with E-state index in [0.29, 0.717) is 18.2 Å². The standard InChI is InChI=1S/C41H33N3/c1-30-12-9-17-35(26-30)36-18-10-19-37(27-36)38-20-11-21-39(28-38)40(42-2)44-41(43-29-31-13-5-3-6-14-31)34-24-22-33(23-25-34)32-15-7-4-8-16-32/h3-28H,2,29H2,1H3. The van der Waals surface area contributed by atoms with Crippen LogP contribution in [0.1, 0.15) is 22.3 Å². The summed E-state index contributed by atoms with van der Waals surface area (Å²) in [5, 5.41) is 0. The number of benzene rings is 6. The van der Waals surface area contributed by atoms with Crippen molar-refractivity contribution in [1.29, 1.82) is 0 Å². The van der Waals surface area contributed by atoms with Crippen LogP contribution in [0.2, 0.25) is 0 Å². The molecular weight excluding hydrogens is 534 g/mol. The van der Waals surface area contributed by atoms with Gasteiger partial charge in [-0.25, -0.2) is 9.98 Å². The fourth-order valence-corrected chi connectivity index (χ4v) is 5.22. The molecule has 0 aliphatic carbocycles. The van der Waals surface area contributed by atoms with Gasteiger partial charge in [0.2, 0.25) is 0 Å². The molecule has 0 unspecified atom stereocenters. The van der Waals surface area contributed by atoms with Crippen LogP contribution in [0.15, 0.2) is 173 Å². The summed E-state index contributed by atoms with van der Waals surface area (Å²) in [6.45, 7) is 6.52. The Bertz CT molecular complexity index is 1940. The SMILES string of the molecule is C=NC(=NC(=NCc1ccccc1)c1ccc(-c2ccccc2)cc1)c1cccc(-c2cccc(-c3cccc(C)c3)c2)c1. The van der Waals surface area contributed by atoms with Crippen molar-refractivity contribution in [3.8, 4) is 33.4 Å². The highest BCUT2D eigenvalue weighted by Gasteiger charge is 2.10. The molecule has 6 aromatic carbocycles. The zero-order chi connectivity index (χ0) is 30.1. The number of hydrogen-bond acceptors (Lipinski definition) is 1. The van der Waals surface area contributed by atoms with Crippen LogP contribution in [0.3, 0.4) is 0 Å². The Morgan fingerprint density at radius 1 is 0.477 bits per heavy atom. The number of rotatable bonds is 7. The average molecular weight is 568 g/mol. The zero-order valence-electron chi connectivity index (χ0n) is 24.8. The lowest BCUT2D eigenvalue weighted by Crippen LogP contribution is -2.06. The van der Waals surface area contributed by atoms with Gasteiger partial charge in [0.25, 0.3) is 0 Å². The molecule has 0 heterocycles. The maximum absolute atomic E-state index is 5.00. The summed E-state index contributed by atoms with van der Waals surface area (Å²) in [6, 6.07) is 54.4. The zero-order valence-corrected chi connectivity index (χ0v) is 24.8. The van der Waals surface area contributed by atoms with Crippen LogP contribution in [0.5, 0.6) is 0 Å². The Morgan fingerprint density at radius 3 is 1.68 bits per heavy atom. The third-order valence-electron chi connectivity index (χ3n) is 7.53. The summed E-state index contributed by atoms with van der Waals surface area (Å²) in [5.41, 5.74) is 11.1. The maximum Gasteiger partial charge on any atom is 0.161 e. The van der Waals surface area contributed by atoms with E-state index in [1.165, 1.54) is 22.3 Å². The van der Waals surface area contributed by atoms with E-state index in [9.17, 15) is 0 Å². The third-order valence-corrected chi connectivity index (χ3v) is 7.53. The molecule has 6 rings (SSSR count). The largest absolute Gasteiger partial charge is 0.261 e. The highest BCUT2D eigenvalue weighted by atomic mass is 15.0. The molecule has 3 nitrogen and oxygen atoms in total. The maximum atomic E-state index is 5.00. The Balaban J connectivity index is 1.36.